The minimum Gasteiger partial charge on any atom is -0.454 e. The first-order valence-corrected chi connectivity index (χ1v) is 9.46. The molecule has 0 spiro atoms. The minimum absolute atomic E-state index is 0.289. The maximum absolute atomic E-state index is 12.1. The van der Waals surface area contributed by atoms with Gasteiger partial charge in [-0.15, -0.1) is 0 Å². The first kappa shape index (κ1) is 21.2. The number of carbonyl (C=O) groups is 3. The van der Waals surface area contributed by atoms with E-state index in [4.69, 9.17) is 4.74 Å². The first-order chi connectivity index (χ1) is 13.6. The molecule has 0 aliphatic carbocycles. The quantitative estimate of drug-likeness (QED) is 0.489. The van der Waals surface area contributed by atoms with E-state index in [0.717, 1.165) is 30.4 Å². The summed E-state index contributed by atoms with van der Waals surface area (Å²) in [7, 11) is 0. The summed E-state index contributed by atoms with van der Waals surface area (Å²) in [6.45, 7) is 2.02. The summed E-state index contributed by atoms with van der Waals surface area (Å²) < 4.78 is 4.86. The van der Waals surface area contributed by atoms with Crippen LogP contribution in [-0.2, 0) is 14.3 Å². The van der Waals surface area contributed by atoms with Crippen LogP contribution in [0.3, 0.4) is 0 Å². The van der Waals surface area contributed by atoms with Gasteiger partial charge in [0, 0.05) is 12.1 Å². The molecule has 0 atom stereocenters. The van der Waals surface area contributed by atoms with E-state index in [0.29, 0.717) is 12.1 Å². The lowest BCUT2D eigenvalue weighted by atomic mass is 10.0. The molecule has 0 unspecified atom stereocenters. The van der Waals surface area contributed by atoms with Crippen molar-refractivity contribution in [3.05, 3.63) is 60.2 Å². The fourth-order valence-electron chi connectivity index (χ4n) is 2.55. The summed E-state index contributed by atoms with van der Waals surface area (Å²) in [6, 6.07) is 16.9. The number of hydrogen-bond acceptors (Lipinski definition) is 4. The minimum atomic E-state index is -0.655. The lowest BCUT2D eigenvalue weighted by Gasteiger charge is -2.08. The molecule has 0 aliphatic heterocycles. The van der Waals surface area contributed by atoms with Gasteiger partial charge in [0.05, 0.1) is 0 Å². The van der Waals surface area contributed by atoms with Gasteiger partial charge in [0.2, 0.25) is 0 Å². The van der Waals surface area contributed by atoms with E-state index in [1.807, 2.05) is 42.5 Å². The molecule has 0 saturated carbocycles. The standard InChI is InChI=1S/C22H26N2O4/c1-2-3-7-14-23-20(25)16-28-21(26)15-24-22(27)19-12-10-18(11-13-19)17-8-5-4-6-9-17/h4-6,8-13H,2-3,7,14-16H2,1H3,(H,23,25)(H,24,27). The maximum Gasteiger partial charge on any atom is 0.325 e. The fraction of sp³-hybridized carbons (Fsp3) is 0.318. The molecule has 2 aromatic rings. The monoisotopic (exact) mass is 382 g/mol. The predicted molar refractivity (Wildman–Crippen MR) is 108 cm³/mol. The summed E-state index contributed by atoms with van der Waals surface area (Å²) in [4.78, 5) is 35.4. The van der Waals surface area contributed by atoms with E-state index in [9.17, 15) is 14.4 Å². The molecule has 2 N–H and O–H groups in total. The van der Waals surface area contributed by atoms with Gasteiger partial charge in [-0.3, -0.25) is 14.4 Å². The topological polar surface area (TPSA) is 84.5 Å². The first-order valence-electron chi connectivity index (χ1n) is 9.46. The number of esters is 1. The average molecular weight is 382 g/mol. The Hall–Kier alpha value is -3.15. The van der Waals surface area contributed by atoms with E-state index >= 15 is 0 Å². The van der Waals surface area contributed by atoms with E-state index < -0.39 is 5.97 Å². The lowest BCUT2D eigenvalue weighted by molar-refractivity contribution is -0.147. The molecular weight excluding hydrogens is 356 g/mol. The number of rotatable bonds is 10. The van der Waals surface area contributed by atoms with Gasteiger partial charge in [-0.2, -0.15) is 0 Å². The SMILES string of the molecule is CCCCCNC(=O)COC(=O)CNC(=O)c1ccc(-c2ccccc2)cc1. The molecule has 0 aliphatic rings. The lowest BCUT2D eigenvalue weighted by Crippen LogP contribution is -2.34. The Labute approximate surface area is 165 Å². The van der Waals surface area contributed by atoms with E-state index in [1.165, 1.54) is 0 Å². The molecular formula is C22H26N2O4. The molecule has 6 nitrogen and oxygen atoms in total. The van der Waals surface area contributed by atoms with Crippen LogP contribution in [0.2, 0.25) is 0 Å². The number of amides is 2. The molecule has 28 heavy (non-hydrogen) atoms. The zero-order valence-corrected chi connectivity index (χ0v) is 16.1. The zero-order chi connectivity index (χ0) is 20.2. The summed E-state index contributed by atoms with van der Waals surface area (Å²) in [6.07, 6.45) is 3.01. The van der Waals surface area contributed by atoms with Gasteiger partial charge in [0.1, 0.15) is 6.54 Å². The number of unbranched alkanes of at least 4 members (excludes halogenated alkanes) is 2. The van der Waals surface area contributed by atoms with Gasteiger partial charge in [-0.1, -0.05) is 62.2 Å². The van der Waals surface area contributed by atoms with Crippen molar-refractivity contribution < 1.29 is 19.1 Å². The van der Waals surface area contributed by atoms with Crippen molar-refractivity contribution in [2.24, 2.45) is 0 Å². The van der Waals surface area contributed by atoms with Crippen molar-refractivity contribution >= 4 is 17.8 Å². The van der Waals surface area contributed by atoms with Crippen LogP contribution in [0.5, 0.6) is 0 Å². The van der Waals surface area contributed by atoms with Crippen LogP contribution in [0.1, 0.15) is 36.5 Å². The molecule has 6 heteroatoms. The highest BCUT2D eigenvalue weighted by atomic mass is 16.5. The molecule has 0 heterocycles. The highest BCUT2D eigenvalue weighted by Gasteiger charge is 2.11. The second kappa shape index (κ2) is 11.5. The normalized spacial score (nSPS) is 10.2. The molecule has 2 aromatic carbocycles. The average Bonchev–Trinajstić information content (AvgIpc) is 2.74. The molecule has 0 fully saturated rings. The Morgan fingerprint density at radius 1 is 0.857 bits per heavy atom. The maximum atomic E-state index is 12.1. The third-order valence-electron chi connectivity index (χ3n) is 4.11. The second-order valence-corrected chi connectivity index (χ2v) is 6.34. The Morgan fingerprint density at radius 2 is 1.54 bits per heavy atom. The van der Waals surface area contributed by atoms with Crippen molar-refractivity contribution in [2.45, 2.75) is 26.2 Å². The molecule has 0 aromatic heterocycles. The smallest absolute Gasteiger partial charge is 0.325 e. The molecule has 2 rings (SSSR count). The van der Waals surface area contributed by atoms with Gasteiger partial charge >= 0.3 is 5.97 Å². The largest absolute Gasteiger partial charge is 0.454 e. The van der Waals surface area contributed by atoms with Gasteiger partial charge in [0.15, 0.2) is 6.61 Å². The van der Waals surface area contributed by atoms with Gasteiger partial charge < -0.3 is 15.4 Å². The molecule has 0 radical (unpaired) electrons. The van der Waals surface area contributed by atoms with Crippen molar-refractivity contribution in [1.29, 1.82) is 0 Å². The highest BCUT2D eigenvalue weighted by Crippen LogP contribution is 2.19. The van der Waals surface area contributed by atoms with Crippen molar-refractivity contribution in [2.75, 3.05) is 19.7 Å². The van der Waals surface area contributed by atoms with Gasteiger partial charge in [-0.05, 0) is 29.7 Å². The van der Waals surface area contributed by atoms with Gasteiger partial charge in [-0.25, -0.2) is 0 Å². The van der Waals surface area contributed by atoms with Crippen molar-refractivity contribution in [3.63, 3.8) is 0 Å². The summed E-state index contributed by atoms with van der Waals surface area (Å²) in [5, 5.41) is 5.18. The van der Waals surface area contributed by atoms with Crippen molar-refractivity contribution in [1.82, 2.24) is 10.6 Å². The molecule has 0 saturated heterocycles. The number of benzene rings is 2. The van der Waals surface area contributed by atoms with Gasteiger partial charge in [0.25, 0.3) is 11.8 Å². The van der Waals surface area contributed by atoms with Crippen LogP contribution in [-0.4, -0.2) is 37.5 Å². The van der Waals surface area contributed by atoms with Crippen LogP contribution in [0.15, 0.2) is 54.6 Å². The van der Waals surface area contributed by atoms with E-state index in [1.54, 1.807) is 12.1 Å². The second-order valence-electron chi connectivity index (χ2n) is 6.34. The fourth-order valence-corrected chi connectivity index (χ4v) is 2.55. The summed E-state index contributed by atoms with van der Waals surface area (Å²) in [5.41, 5.74) is 2.51. The molecule has 0 bridgehead atoms. The van der Waals surface area contributed by atoms with Crippen molar-refractivity contribution in [3.8, 4) is 11.1 Å². The zero-order valence-electron chi connectivity index (χ0n) is 16.1. The predicted octanol–water partition coefficient (Wildman–Crippen LogP) is 2.93. The number of ether oxygens (including phenoxy) is 1. The third kappa shape index (κ3) is 7.23. The van der Waals surface area contributed by atoms with Crippen LogP contribution in [0.4, 0.5) is 0 Å². The number of hydrogen-bond donors (Lipinski definition) is 2. The third-order valence-corrected chi connectivity index (χ3v) is 4.11. The summed E-state index contributed by atoms with van der Waals surface area (Å²) in [5.74, 6) is -1.37. The number of carbonyl (C=O) groups excluding carboxylic acids is 3. The van der Waals surface area contributed by atoms with Crippen LogP contribution in [0.25, 0.3) is 11.1 Å². The Kier molecular flexibility index (Phi) is 8.72. The Balaban J connectivity index is 1.71. The van der Waals surface area contributed by atoms with Crippen LogP contribution < -0.4 is 10.6 Å². The summed E-state index contributed by atoms with van der Waals surface area (Å²) >= 11 is 0. The molecule has 2 amide bonds. The Morgan fingerprint density at radius 3 is 2.21 bits per heavy atom. The number of nitrogens with one attached hydrogen (secondary N) is 2. The molecule has 148 valence electrons. The van der Waals surface area contributed by atoms with E-state index in [-0.39, 0.29) is 25.0 Å². The van der Waals surface area contributed by atoms with Crippen LogP contribution >= 0.6 is 0 Å². The van der Waals surface area contributed by atoms with E-state index in [2.05, 4.69) is 17.6 Å². The Bertz CT molecular complexity index is 773. The highest BCUT2D eigenvalue weighted by molar-refractivity contribution is 5.96. The van der Waals surface area contributed by atoms with Crippen LogP contribution in [0, 0.1) is 0 Å².